The fourth-order valence-electron chi connectivity index (χ4n) is 3.46. The summed E-state index contributed by atoms with van der Waals surface area (Å²) in [4.78, 5) is 13.0. The molecular weight excluding hydrogens is 332 g/mol. The van der Waals surface area contributed by atoms with E-state index in [0.717, 1.165) is 11.1 Å². The van der Waals surface area contributed by atoms with Crippen LogP contribution in [0.5, 0.6) is 17.2 Å². The van der Waals surface area contributed by atoms with Crippen LogP contribution < -0.4 is 4.74 Å². The van der Waals surface area contributed by atoms with Crippen LogP contribution in [-0.2, 0) is 5.60 Å². The number of phenolic OH excluding ortho intramolecular Hbond substituents is 2. The third kappa shape index (κ3) is 2.65. The van der Waals surface area contributed by atoms with Crippen LogP contribution in [0.15, 0.2) is 35.9 Å². The summed E-state index contributed by atoms with van der Waals surface area (Å²) in [5, 5.41) is 32.5. The van der Waals surface area contributed by atoms with Crippen LogP contribution in [0.3, 0.4) is 0 Å². The summed E-state index contributed by atoms with van der Waals surface area (Å²) < 4.78 is 5.20. The van der Waals surface area contributed by atoms with Crippen molar-refractivity contribution >= 4 is 5.78 Å². The smallest absolute Gasteiger partial charge is 0.201 e. The number of methoxy groups -OCH3 is 1. The predicted molar refractivity (Wildman–Crippen MR) is 98.0 cm³/mol. The Morgan fingerprint density at radius 1 is 1.08 bits per heavy atom. The topological polar surface area (TPSA) is 87.0 Å². The number of ketones is 1. The zero-order chi connectivity index (χ0) is 19.2. The molecule has 0 radical (unpaired) electrons. The lowest BCUT2D eigenvalue weighted by Gasteiger charge is -2.36. The molecule has 5 nitrogen and oxygen atoms in total. The van der Waals surface area contributed by atoms with E-state index in [1.165, 1.54) is 19.2 Å². The molecule has 0 bridgehead atoms. The molecule has 1 unspecified atom stereocenters. The first kappa shape index (κ1) is 18.0. The summed E-state index contributed by atoms with van der Waals surface area (Å²) in [6.45, 7) is 5.61. The molecule has 1 aliphatic carbocycles. The summed E-state index contributed by atoms with van der Waals surface area (Å²) >= 11 is 0. The Bertz CT molecular complexity index is 938. The molecule has 0 saturated heterocycles. The Hall–Kier alpha value is -2.79. The monoisotopic (exact) mass is 354 g/mol. The number of benzene rings is 2. The summed E-state index contributed by atoms with van der Waals surface area (Å²) in [5.41, 5.74) is 0.760. The van der Waals surface area contributed by atoms with Gasteiger partial charge in [0.25, 0.3) is 0 Å². The van der Waals surface area contributed by atoms with Crippen molar-refractivity contribution in [1.29, 1.82) is 0 Å². The van der Waals surface area contributed by atoms with Gasteiger partial charge in [-0.3, -0.25) is 4.79 Å². The van der Waals surface area contributed by atoms with Crippen LogP contribution in [0.1, 0.15) is 52.9 Å². The van der Waals surface area contributed by atoms with Crippen molar-refractivity contribution < 1.29 is 24.9 Å². The standard InChI is InChI=1S/C21H22O5/c1-11(2)5-6-21(25)14-7-12(3)8-16(22)18(14)20(24)19-15(21)9-13(26-4)10-17(19)23/h5,7-10,22-23,25H,6H2,1-4H3. The van der Waals surface area contributed by atoms with Gasteiger partial charge >= 0.3 is 0 Å². The number of hydrogen-bond donors (Lipinski definition) is 3. The number of rotatable bonds is 3. The lowest BCUT2D eigenvalue weighted by Crippen LogP contribution is -2.35. The lowest BCUT2D eigenvalue weighted by molar-refractivity contribution is 0.0730. The Labute approximate surface area is 152 Å². The average Bonchev–Trinajstić information content (AvgIpc) is 2.56. The van der Waals surface area contributed by atoms with Crippen molar-refractivity contribution in [3.63, 3.8) is 0 Å². The fourth-order valence-corrected chi connectivity index (χ4v) is 3.46. The van der Waals surface area contributed by atoms with Crippen molar-refractivity contribution in [2.75, 3.05) is 7.11 Å². The number of hydrogen-bond acceptors (Lipinski definition) is 5. The maximum absolute atomic E-state index is 13.0. The minimum Gasteiger partial charge on any atom is -0.507 e. The lowest BCUT2D eigenvalue weighted by atomic mass is 9.71. The number of carbonyl (C=O) groups excluding carboxylic acids is 1. The number of fused-ring (bicyclic) bond motifs is 2. The average molecular weight is 354 g/mol. The van der Waals surface area contributed by atoms with Crippen LogP contribution >= 0.6 is 0 Å². The van der Waals surface area contributed by atoms with Gasteiger partial charge in [0, 0.05) is 23.6 Å². The van der Waals surface area contributed by atoms with Crippen LogP contribution in [-0.4, -0.2) is 28.2 Å². The molecular formula is C21H22O5. The third-order valence-electron chi connectivity index (χ3n) is 4.74. The molecule has 1 atom stereocenters. The molecule has 0 fully saturated rings. The van der Waals surface area contributed by atoms with Crippen molar-refractivity contribution in [2.24, 2.45) is 0 Å². The molecule has 136 valence electrons. The summed E-state index contributed by atoms with van der Waals surface area (Å²) in [7, 11) is 1.45. The van der Waals surface area contributed by atoms with E-state index in [1.807, 2.05) is 19.9 Å². The molecule has 5 heteroatoms. The Morgan fingerprint density at radius 2 is 1.65 bits per heavy atom. The van der Waals surface area contributed by atoms with Gasteiger partial charge in [-0.25, -0.2) is 0 Å². The van der Waals surface area contributed by atoms with Crippen LogP contribution in [0.25, 0.3) is 0 Å². The van der Waals surface area contributed by atoms with Gasteiger partial charge in [0.2, 0.25) is 5.78 Å². The number of aryl methyl sites for hydroxylation is 1. The molecule has 3 rings (SSSR count). The normalized spacial score (nSPS) is 18.1. The zero-order valence-electron chi connectivity index (χ0n) is 15.3. The predicted octanol–water partition coefficient (Wildman–Crippen LogP) is 3.55. The first-order chi connectivity index (χ1) is 12.2. The molecule has 0 aliphatic heterocycles. The minimum absolute atomic E-state index is 0.0119. The van der Waals surface area contributed by atoms with Crippen LogP contribution in [0, 0.1) is 6.92 Å². The number of allylic oxidation sites excluding steroid dienone is 1. The highest BCUT2D eigenvalue weighted by molar-refractivity contribution is 6.16. The first-order valence-corrected chi connectivity index (χ1v) is 8.35. The van der Waals surface area contributed by atoms with Crippen molar-refractivity contribution in [2.45, 2.75) is 32.8 Å². The molecule has 0 saturated carbocycles. The maximum atomic E-state index is 13.0. The van der Waals surface area contributed by atoms with E-state index in [-0.39, 0.29) is 34.6 Å². The van der Waals surface area contributed by atoms with Gasteiger partial charge in [0.15, 0.2) is 0 Å². The molecule has 26 heavy (non-hydrogen) atoms. The second-order valence-electron chi connectivity index (χ2n) is 6.95. The summed E-state index contributed by atoms with van der Waals surface area (Å²) in [5.74, 6) is -0.674. The molecule has 3 N–H and O–H groups in total. The molecule has 2 aromatic rings. The Kier molecular flexibility index (Phi) is 4.28. The van der Waals surface area contributed by atoms with Gasteiger partial charge in [-0.15, -0.1) is 0 Å². The van der Waals surface area contributed by atoms with E-state index < -0.39 is 11.4 Å². The van der Waals surface area contributed by atoms with Crippen molar-refractivity contribution in [1.82, 2.24) is 0 Å². The molecule has 0 heterocycles. The summed E-state index contributed by atoms with van der Waals surface area (Å²) in [6.07, 6.45) is 2.05. The zero-order valence-corrected chi connectivity index (χ0v) is 15.3. The van der Waals surface area contributed by atoms with Gasteiger partial charge in [-0.2, -0.15) is 0 Å². The number of phenols is 2. The van der Waals surface area contributed by atoms with E-state index in [9.17, 15) is 20.1 Å². The van der Waals surface area contributed by atoms with E-state index in [0.29, 0.717) is 11.3 Å². The maximum Gasteiger partial charge on any atom is 0.201 e. The van der Waals surface area contributed by atoms with Gasteiger partial charge in [0.05, 0.1) is 18.2 Å². The number of aliphatic hydroxyl groups is 1. The molecule has 1 aliphatic rings. The third-order valence-corrected chi connectivity index (χ3v) is 4.74. The SMILES string of the molecule is COc1cc(O)c2c(c1)C(O)(CC=C(C)C)c1cc(C)cc(O)c1C2=O. The van der Waals surface area contributed by atoms with Crippen molar-refractivity contribution in [3.05, 3.63) is 63.7 Å². The largest absolute Gasteiger partial charge is 0.507 e. The van der Waals surface area contributed by atoms with Gasteiger partial charge in [0.1, 0.15) is 22.8 Å². The highest BCUT2D eigenvalue weighted by atomic mass is 16.5. The van der Waals surface area contributed by atoms with E-state index in [1.54, 1.807) is 19.1 Å². The van der Waals surface area contributed by atoms with E-state index in [4.69, 9.17) is 4.74 Å². The van der Waals surface area contributed by atoms with Gasteiger partial charge in [-0.1, -0.05) is 17.7 Å². The van der Waals surface area contributed by atoms with Crippen molar-refractivity contribution in [3.8, 4) is 17.2 Å². The Balaban J connectivity index is 2.41. The highest BCUT2D eigenvalue weighted by Crippen LogP contribution is 2.49. The quantitative estimate of drug-likeness (QED) is 0.734. The van der Waals surface area contributed by atoms with Gasteiger partial charge < -0.3 is 20.1 Å². The molecule has 2 aromatic carbocycles. The Morgan fingerprint density at radius 3 is 2.23 bits per heavy atom. The summed E-state index contributed by atoms with van der Waals surface area (Å²) in [6, 6.07) is 6.07. The second kappa shape index (κ2) is 6.18. The van der Waals surface area contributed by atoms with Gasteiger partial charge in [-0.05, 0) is 38.5 Å². The first-order valence-electron chi connectivity index (χ1n) is 8.35. The molecule has 0 spiro atoms. The van der Waals surface area contributed by atoms with E-state index in [2.05, 4.69) is 0 Å². The number of aromatic hydroxyl groups is 2. The highest BCUT2D eigenvalue weighted by Gasteiger charge is 2.44. The van der Waals surface area contributed by atoms with Crippen LogP contribution in [0.4, 0.5) is 0 Å². The number of ether oxygens (including phenoxy) is 1. The number of carbonyl (C=O) groups is 1. The second-order valence-corrected chi connectivity index (χ2v) is 6.95. The molecule has 0 amide bonds. The fraction of sp³-hybridized carbons (Fsp3) is 0.286. The minimum atomic E-state index is -1.58. The van der Waals surface area contributed by atoms with Crippen LogP contribution in [0.2, 0.25) is 0 Å². The van der Waals surface area contributed by atoms with E-state index >= 15 is 0 Å². The molecule has 0 aromatic heterocycles.